The van der Waals surface area contributed by atoms with Crippen LogP contribution in [0.4, 0.5) is 0 Å². The summed E-state index contributed by atoms with van der Waals surface area (Å²) in [5, 5.41) is 0. The Morgan fingerprint density at radius 2 is 1.59 bits per heavy atom. The fraction of sp³-hybridized carbons (Fsp3) is 0.286. The highest BCUT2D eigenvalue weighted by Gasteiger charge is 2.37. The van der Waals surface area contributed by atoms with E-state index in [1.165, 1.54) is 4.90 Å². The lowest BCUT2D eigenvalue weighted by atomic mass is 10.1. The van der Waals surface area contributed by atoms with Crippen molar-refractivity contribution in [1.29, 1.82) is 0 Å². The van der Waals surface area contributed by atoms with E-state index in [1.54, 1.807) is 24.3 Å². The van der Waals surface area contributed by atoms with Crippen LogP contribution in [0, 0.1) is 0 Å². The van der Waals surface area contributed by atoms with Crippen LogP contribution in [0.2, 0.25) is 0 Å². The van der Waals surface area contributed by atoms with Gasteiger partial charge in [0, 0.05) is 0 Å². The molecule has 2 amide bonds. The van der Waals surface area contributed by atoms with Gasteiger partial charge >= 0.3 is 0 Å². The molecular weight excluding hydrogens is 214 g/mol. The molecule has 0 N–H and O–H groups in total. The van der Waals surface area contributed by atoms with Crippen molar-refractivity contribution in [2.45, 2.75) is 26.8 Å². The van der Waals surface area contributed by atoms with Crippen molar-refractivity contribution in [2.75, 3.05) is 0 Å². The lowest BCUT2D eigenvalue weighted by molar-refractivity contribution is 0.0625. The Hall–Kier alpha value is -1.90. The first-order valence-electron chi connectivity index (χ1n) is 5.64. The zero-order valence-corrected chi connectivity index (χ0v) is 10.2. The molecule has 1 atom stereocenters. The average Bonchev–Trinajstić information content (AvgIpc) is 2.51. The molecule has 1 heterocycles. The first-order chi connectivity index (χ1) is 8.02. The van der Waals surface area contributed by atoms with E-state index in [1.807, 2.05) is 26.8 Å². The van der Waals surface area contributed by atoms with Gasteiger partial charge in [-0.2, -0.15) is 0 Å². The van der Waals surface area contributed by atoms with Crippen LogP contribution in [0.15, 0.2) is 35.9 Å². The summed E-state index contributed by atoms with van der Waals surface area (Å²) < 4.78 is 0. The number of fused-ring (bicyclic) bond motifs is 1. The van der Waals surface area contributed by atoms with Gasteiger partial charge in [0.05, 0.1) is 17.2 Å². The molecule has 1 aromatic rings. The minimum atomic E-state index is -0.201. The first kappa shape index (κ1) is 11.6. The minimum Gasteiger partial charge on any atom is -0.269 e. The van der Waals surface area contributed by atoms with Crippen LogP contribution in [0.5, 0.6) is 0 Å². The Bertz CT molecular complexity index is 478. The lowest BCUT2D eigenvalue weighted by Crippen LogP contribution is -2.36. The van der Waals surface area contributed by atoms with Crippen LogP contribution < -0.4 is 0 Å². The Kier molecular flexibility index (Phi) is 2.84. The zero-order valence-electron chi connectivity index (χ0n) is 10.2. The summed E-state index contributed by atoms with van der Waals surface area (Å²) >= 11 is 0. The van der Waals surface area contributed by atoms with Crippen LogP contribution in [-0.4, -0.2) is 22.8 Å². The van der Waals surface area contributed by atoms with Crippen LogP contribution in [0.3, 0.4) is 0 Å². The van der Waals surface area contributed by atoms with Gasteiger partial charge < -0.3 is 0 Å². The van der Waals surface area contributed by atoms with Crippen LogP contribution in [0.1, 0.15) is 41.5 Å². The third kappa shape index (κ3) is 1.88. The molecule has 0 aliphatic carbocycles. The second-order valence-electron chi connectivity index (χ2n) is 4.51. The molecule has 0 fully saturated rings. The van der Waals surface area contributed by atoms with Crippen molar-refractivity contribution in [3.8, 4) is 0 Å². The predicted octanol–water partition coefficient (Wildman–Crippen LogP) is 2.64. The molecule has 1 aliphatic rings. The van der Waals surface area contributed by atoms with Gasteiger partial charge in [-0.1, -0.05) is 23.8 Å². The summed E-state index contributed by atoms with van der Waals surface area (Å²) in [5.41, 5.74) is 2.10. The molecule has 88 valence electrons. The number of imide groups is 1. The molecule has 0 radical (unpaired) electrons. The summed E-state index contributed by atoms with van der Waals surface area (Å²) in [5.74, 6) is -0.397. The average molecular weight is 229 g/mol. The monoisotopic (exact) mass is 229 g/mol. The van der Waals surface area contributed by atoms with Crippen molar-refractivity contribution in [3.63, 3.8) is 0 Å². The minimum absolute atomic E-state index is 0.199. The number of benzene rings is 1. The van der Waals surface area contributed by atoms with Crippen LogP contribution in [-0.2, 0) is 0 Å². The van der Waals surface area contributed by atoms with Gasteiger partial charge in [0.15, 0.2) is 0 Å². The number of hydrogen-bond donors (Lipinski definition) is 0. The molecule has 0 bridgehead atoms. The van der Waals surface area contributed by atoms with Crippen molar-refractivity contribution >= 4 is 11.8 Å². The predicted molar refractivity (Wildman–Crippen MR) is 65.8 cm³/mol. The smallest absolute Gasteiger partial charge is 0.262 e. The van der Waals surface area contributed by atoms with E-state index in [0.29, 0.717) is 11.1 Å². The van der Waals surface area contributed by atoms with Gasteiger partial charge in [-0.3, -0.25) is 14.5 Å². The number of carbonyl (C=O) groups excluding carboxylic acids is 2. The number of amides is 2. The molecule has 0 aromatic heterocycles. The highest BCUT2D eigenvalue weighted by atomic mass is 16.2. The molecule has 3 heteroatoms. The summed E-state index contributed by atoms with van der Waals surface area (Å²) in [7, 11) is 0. The molecule has 0 spiro atoms. The molecule has 3 nitrogen and oxygen atoms in total. The fourth-order valence-electron chi connectivity index (χ4n) is 2.13. The number of nitrogens with zero attached hydrogens (tertiary/aromatic N) is 1. The van der Waals surface area contributed by atoms with Crippen molar-refractivity contribution in [2.24, 2.45) is 0 Å². The maximum atomic E-state index is 12.1. The van der Waals surface area contributed by atoms with E-state index in [2.05, 4.69) is 0 Å². The molecule has 0 saturated carbocycles. The third-order valence-corrected chi connectivity index (χ3v) is 2.81. The summed E-state index contributed by atoms with van der Waals surface area (Å²) in [6.45, 7) is 5.76. The quantitative estimate of drug-likeness (QED) is 0.577. The maximum absolute atomic E-state index is 12.1. The van der Waals surface area contributed by atoms with Crippen molar-refractivity contribution in [1.82, 2.24) is 4.90 Å². The van der Waals surface area contributed by atoms with Gasteiger partial charge in [0.25, 0.3) is 11.8 Å². The summed E-state index contributed by atoms with van der Waals surface area (Å²) in [6, 6.07) is 6.75. The SMILES string of the molecule is CC(C)=CC(C)N1C(=O)c2ccccc2C1=O. The standard InChI is InChI=1S/C14H15NO2/c1-9(2)8-10(3)15-13(16)11-6-4-5-7-12(11)14(15)17/h4-8,10H,1-3H3. The van der Waals surface area contributed by atoms with Gasteiger partial charge in [0.2, 0.25) is 0 Å². The van der Waals surface area contributed by atoms with E-state index >= 15 is 0 Å². The van der Waals surface area contributed by atoms with Crippen LogP contribution in [0.25, 0.3) is 0 Å². The van der Waals surface area contributed by atoms with Gasteiger partial charge in [-0.25, -0.2) is 0 Å². The summed E-state index contributed by atoms with van der Waals surface area (Å²) in [6.07, 6.45) is 1.92. The molecule has 2 rings (SSSR count). The Labute approximate surface area is 101 Å². The first-order valence-corrected chi connectivity index (χ1v) is 5.64. The topological polar surface area (TPSA) is 37.4 Å². The zero-order chi connectivity index (χ0) is 12.6. The third-order valence-electron chi connectivity index (χ3n) is 2.81. The Morgan fingerprint density at radius 3 is 2.00 bits per heavy atom. The van der Waals surface area contributed by atoms with E-state index in [4.69, 9.17) is 0 Å². The van der Waals surface area contributed by atoms with E-state index in [9.17, 15) is 9.59 Å². The lowest BCUT2D eigenvalue weighted by Gasteiger charge is -2.19. The maximum Gasteiger partial charge on any atom is 0.262 e. The van der Waals surface area contributed by atoms with Crippen molar-refractivity contribution in [3.05, 3.63) is 47.0 Å². The van der Waals surface area contributed by atoms with E-state index < -0.39 is 0 Å². The fourth-order valence-corrected chi connectivity index (χ4v) is 2.13. The van der Waals surface area contributed by atoms with E-state index in [-0.39, 0.29) is 17.9 Å². The highest BCUT2D eigenvalue weighted by Crippen LogP contribution is 2.24. The number of hydrogen-bond acceptors (Lipinski definition) is 2. The van der Waals surface area contributed by atoms with Gasteiger partial charge in [-0.15, -0.1) is 0 Å². The number of allylic oxidation sites excluding steroid dienone is 1. The largest absolute Gasteiger partial charge is 0.269 e. The second-order valence-corrected chi connectivity index (χ2v) is 4.51. The van der Waals surface area contributed by atoms with Crippen LogP contribution >= 0.6 is 0 Å². The molecule has 1 aromatic carbocycles. The number of carbonyl (C=O) groups is 2. The molecule has 1 aliphatic heterocycles. The molecule has 17 heavy (non-hydrogen) atoms. The Balaban J connectivity index is 2.40. The molecule has 1 unspecified atom stereocenters. The van der Waals surface area contributed by atoms with Crippen molar-refractivity contribution < 1.29 is 9.59 Å². The summed E-state index contributed by atoms with van der Waals surface area (Å²) in [4.78, 5) is 25.5. The van der Waals surface area contributed by atoms with Gasteiger partial charge in [-0.05, 0) is 32.9 Å². The Morgan fingerprint density at radius 1 is 1.12 bits per heavy atom. The highest BCUT2D eigenvalue weighted by molar-refractivity contribution is 6.21. The van der Waals surface area contributed by atoms with E-state index in [0.717, 1.165) is 5.57 Å². The normalized spacial score (nSPS) is 15.8. The molecular formula is C14H15NO2. The second kappa shape index (κ2) is 4.17. The molecule has 0 saturated heterocycles. The van der Waals surface area contributed by atoms with Gasteiger partial charge in [0.1, 0.15) is 0 Å². The number of rotatable bonds is 2.